The quantitative estimate of drug-likeness (QED) is 0.798. The molecule has 0 N–H and O–H groups in total. The Bertz CT molecular complexity index is 301. The van der Waals surface area contributed by atoms with Gasteiger partial charge >= 0.3 is 0 Å². The van der Waals surface area contributed by atoms with E-state index in [1.165, 1.54) is 0 Å². The second kappa shape index (κ2) is 5.35. The van der Waals surface area contributed by atoms with Crippen LogP contribution in [0.25, 0.3) is 0 Å². The van der Waals surface area contributed by atoms with Crippen LogP contribution in [0.3, 0.4) is 0 Å². The third-order valence-corrected chi connectivity index (χ3v) is 2.67. The Balaban J connectivity index is 3.07. The van der Waals surface area contributed by atoms with Gasteiger partial charge in [0.25, 0.3) is 0 Å². The molecule has 3 heteroatoms. The molecule has 1 aromatic carbocycles. The first-order chi connectivity index (χ1) is 6.70. The zero-order valence-corrected chi connectivity index (χ0v) is 9.97. The fourth-order valence-electron chi connectivity index (χ4n) is 1.29. The third kappa shape index (κ3) is 2.47. The van der Waals surface area contributed by atoms with Crippen molar-refractivity contribution < 1.29 is 9.13 Å². The van der Waals surface area contributed by atoms with Gasteiger partial charge in [-0.3, -0.25) is 4.39 Å². The van der Waals surface area contributed by atoms with E-state index in [0.717, 1.165) is 15.8 Å². The monoisotopic (exact) mass is 260 g/mol. The summed E-state index contributed by atoms with van der Waals surface area (Å²) >= 11 is 3.40. The van der Waals surface area contributed by atoms with Crippen molar-refractivity contribution in [1.29, 1.82) is 0 Å². The van der Waals surface area contributed by atoms with Crippen LogP contribution in [0.1, 0.15) is 25.3 Å². The normalized spacial score (nSPS) is 12.6. The highest BCUT2D eigenvalue weighted by Gasteiger charge is 2.13. The van der Waals surface area contributed by atoms with Crippen molar-refractivity contribution in [2.24, 2.45) is 0 Å². The van der Waals surface area contributed by atoms with E-state index in [-0.39, 0.29) is 12.6 Å². The van der Waals surface area contributed by atoms with Crippen molar-refractivity contribution in [2.45, 2.75) is 19.8 Å². The first-order valence-corrected chi connectivity index (χ1v) is 5.47. The van der Waals surface area contributed by atoms with Gasteiger partial charge in [-0.15, -0.1) is 0 Å². The van der Waals surface area contributed by atoms with Crippen LogP contribution in [0.2, 0.25) is 0 Å². The molecule has 78 valence electrons. The van der Waals surface area contributed by atoms with E-state index in [0.29, 0.717) is 6.61 Å². The Labute approximate surface area is 92.4 Å². The molecule has 0 spiro atoms. The maximum Gasteiger partial charge on any atom is 0.136 e. The average Bonchev–Trinajstić information content (AvgIpc) is 2.20. The molecule has 0 heterocycles. The summed E-state index contributed by atoms with van der Waals surface area (Å²) in [5, 5.41) is 0. The van der Waals surface area contributed by atoms with E-state index in [9.17, 15) is 4.39 Å². The first-order valence-electron chi connectivity index (χ1n) is 4.67. The Morgan fingerprint density at radius 1 is 1.50 bits per heavy atom. The molecule has 0 aliphatic rings. The van der Waals surface area contributed by atoms with Crippen molar-refractivity contribution in [3.8, 4) is 5.75 Å². The number of rotatable bonds is 4. The van der Waals surface area contributed by atoms with E-state index in [4.69, 9.17) is 4.74 Å². The molecular formula is C11H14BrFO. The van der Waals surface area contributed by atoms with E-state index in [1.54, 1.807) is 0 Å². The highest BCUT2D eigenvalue weighted by Crippen LogP contribution is 2.33. The molecule has 0 aromatic heterocycles. The van der Waals surface area contributed by atoms with Gasteiger partial charge in [0.1, 0.15) is 5.75 Å². The summed E-state index contributed by atoms with van der Waals surface area (Å²) in [6.45, 7) is 4.00. The van der Waals surface area contributed by atoms with E-state index in [1.807, 2.05) is 32.0 Å². The van der Waals surface area contributed by atoms with Gasteiger partial charge < -0.3 is 4.74 Å². The minimum Gasteiger partial charge on any atom is -0.492 e. The van der Waals surface area contributed by atoms with Gasteiger partial charge in [-0.2, -0.15) is 0 Å². The van der Waals surface area contributed by atoms with Gasteiger partial charge in [0, 0.05) is 11.5 Å². The van der Waals surface area contributed by atoms with E-state index < -0.39 is 0 Å². The zero-order chi connectivity index (χ0) is 10.6. The summed E-state index contributed by atoms with van der Waals surface area (Å²) in [6, 6.07) is 5.70. The van der Waals surface area contributed by atoms with Crippen LogP contribution >= 0.6 is 15.9 Å². The molecule has 0 aliphatic carbocycles. The van der Waals surface area contributed by atoms with Crippen molar-refractivity contribution in [3.05, 3.63) is 28.2 Å². The van der Waals surface area contributed by atoms with Crippen molar-refractivity contribution in [1.82, 2.24) is 0 Å². The number of halogens is 2. The maximum absolute atomic E-state index is 12.6. The molecule has 0 bridgehead atoms. The summed E-state index contributed by atoms with van der Waals surface area (Å²) in [5.74, 6) is 0.647. The highest BCUT2D eigenvalue weighted by atomic mass is 79.9. The van der Waals surface area contributed by atoms with Crippen LogP contribution in [0.15, 0.2) is 22.7 Å². The molecule has 1 nitrogen and oxygen atoms in total. The molecule has 1 rings (SSSR count). The molecule has 1 atom stereocenters. The number of hydrogen-bond donors (Lipinski definition) is 0. The van der Waals surface area contributed by atoms with Crippen LogP contribution < -0.4 is 4.74 Å². The van der Waals surface area contributed by atoms with Gasteiger partial charge in [-0.1, -0.05) is 19.1 Å². The van der Waals surface area contributed by atoms with Gasteiger partial charge in [-0.25, -0.2) is 0 Å². The second-order valence-electron chi connectivity index (χ2n) is 3.15. The standard InChI is InChI=1S/C11H14BrFO/c1-3-14-11-9(8(2)7-13)5-4-6-10(11)12/h4-6,8H,3,7H2,1-2H3. The number of ether oxygens (including phenoxy) is 1. The summed E-state index contributed by atoms with van der Waals surface area (Å²) in [5.41, 5.74) is 0.920. The Kier molecular flexibility index (Phi) is 4.39. The summed E-state index contributed by atoms with van der Waals surface area (Å²) < 4.78 is 18.9. The molecule has 0 saturated carbocycles. The lowest BCUT2D eigenvalue weighted by Gasteiger charge is -2.15. The SMILES string of the molecule is CCOc1c(Br)cccc1C(C)CF. The topological polar surface area (TPSA) is 9.23 Å². The predicted molar refractivity (Wildman–Crippen MR) is 59.7 cm³/mol. The molecule has 1 unspecified atom stereocenters. The summed E-state index contributed by atoms with van der Waals surface area (Å²) in [4.78, 5) is 0. The zero-order valence-electron chi connectivity index (χ0n) is 8.39. The second-order valence-corrected chi connectivity index (χ2v) is 4.00. The fourth-order valence-corrected chi connectivity index (χ4v) is 1.79. The largest absolute Gasteiger partial charge is 0.492 e. The molecule has 1 aromatic rings. The first kappa shape index (κ1) is 11.5. The lowest BCUT2D eigenvalue weighted by atomic mass is 10.0. The molecule has 0 amide bonds. The smallest absolute Gasteiger partial charge is 0.136 e. The Morgan fingerprint density at radius 2 is 2.21 bits per heavy atom. The van der Waals surface area contributed by atoms with E-state index in [2.05, 4.69) is 15.9 Å². The van der Waals surface area contributed by atoms with Crippen LogP contribution in [-0.2, 0) is 0 Å². The van der Waals surface area contributed by atoms with Gasteiger partial charge in [0.2, 0.25) is 0 Å². The van der Waals surface area contributed by atoms with Gasteiger partial charge in [0.15, 0.2) is 0 Å². The Hall–Kier alpha value is -0.570. The lowest BCUT2D eigenvalue weighted by Crippen LogP contribution is -2.02. The van der Waals surface area contributed by atoms with Crippen molar-refractivity contribution >= 4 is 15.9 Å². The van der Waals surface area contributed by atoms with Crippen molar-refractivity contribution in [3.63, 3.8) is 0 Å². The number of alkyl halides is 1. The fraction of sp³-hybridized carbons (Fsp3) is 0.455. The molecule has 0 aliphatic heterocycles. The number of para-hydroxylation sites is 1. The van der Waals surface area contributed by atoms with Crippen LogP contribution in [0.4, 0.5) is 4.39 Å². The Morgan fingerprint density at radius 3 is 2.79 bits per heavy atom. The summed E-state index contributed by atoms with van der Waals surface area (Å²) in [6.07, 6.45) is 0. The van der Waals surface area contributed by atoms with Crippen molar-refractivity contribution in [2.75, 3.05) is 13.3 Å². The third-order valence-electron chi connectivity index (χ3n) is 2.05. The molecular weight excluding hydrogens is 247 g/mol. The predicted octanol–water partition coefficient (Wildman–Crippen LogP) is 3.92. The average molecular weight is 261 g/mol. The minimum absolute atomic E-state index is 0.117. The molecule has 0 saturated heterocycles. The van der Waals surface area contributed by atoms with Gasteiger partial charge in [0.05, 0.1) is 17.8 Å². The molecule has 0 radical (unpaired) electrons. The molecule has 0 fully saturated rings. The number of hydrogen-bond acceptors (Lipinski definition) is 1. The number of benzene rings is 1. The van der Waals surface area contributed by atoms with Crippen LogP contribution in [-0.4, -0.2) is 13.3 Å². The van der Waals surface area contributed by atoms with Gasteiger partial charge in [-0.05, 0) is 28.9 Å². The minimum atomic E-state index is -0.365. The van der Waals surface area contributed by atoms with E-state index >= 15 is 0 Å². The molecule has 14 heavy (non-hydrogen) atoms. The highest BCUT2D eigenvalue weighted by molar-refractivity contribution is 9.10. The van der Waals surface area contributed by atoms with Crippen LogP contribution in [0, 0.1) is 0 Å². The maximum atomic E-state index is 12.6. The lowest BCUT2D eigenvalue weighted by molar-refractivity contribution is 0.328. The van der Waals surface area contributed by atoms with Crippen LogP contribution in [0.5, 0.6) is 5.75 Å². The summed E-state index contributed by atoms with van der Waals surface area (Å²) in [7, 11) is 0.